The van der Waals surface area contributed by atoms with Crippen LogP contribution in [0.25, 0.3) is 0 Å². The van der Waals surface area contributed by atoms with Gasteiger partial charge >= 0.3 is 0 Å². The lowest BCUT2D eigenvalue weighted by Gasteiger charge is -2.16. The van der Waals surface area contributed by atoms with E-state index < -0.39 is 15.9 Å². The molecule has 0 spiro atoms. The SMILES string of the molecule is CS(=O)(=O)N1CCc2cc(C(=O)Nc3ccc(Cl)cc3C(=O)c3ccccc3)ccc21. The number of carbonyl (C=O) groups is 2. The standard InChI is InChI=1S/C23H19ClN2O4S/c1-31(29,30)26-12-11-16-13-17(7-10-21(16)26)23(28)25-20-9-8-18(24)14-19(20)22(27)15-5-3-2-4-6-15/h2-10,13-14H,11-12H2,1H3,(H,25,28). The van der Waals surface area contributed by atoms with Crippen LogP contribution in [0.5, 0.6) is 0 Å². The van der Waals surface area contributed by atoms with Crippen LogP contribution in [0, 0.1) is 0 Å². The quantitative estimate of drug-likeness (QED) is 0.587. The van der Waals surface area contributed by atoms with Gasteiger partial charge in [-0.05, 0) is 48.4 Å². The third-order valence-electron chi connectivity index (χ3n) is 5.11. The van der Waals surface area contributed by atoms with Gasteiger partial charge in [-0.1, -0.05) is 41.9 Å². The number of halogens is 1. The lowest BCUT2D eigenvalue weighted by Crippen LogP contribution is -2.27. The van der Waals surface area contributed by atoms with Crippen molar-refractivity contribution in [1.82, 2.24) is 0 Å². The number of hydrogen-bond donors (Lipinski definition) is 1. The van der Waals surface area contributed by atoms with Crippen molar-refractivity contribution >= 4 is 44.7 Å². The van der Waals surface area contributed by atoms with Crippen LogP contribution in [-0.2, 0) is 16.4 Å². The topological polar surface area (TPSA) is 83.6 Å². The molecule has 0 aromatic heterocycles. The van der Waals surface area contributed by atoms with Gasteiger partial charge in [-0.25, -0.2) is 8.42 Å². The molecule has 1 amide bonds. The van der Waals surface area contributed by atoms with E-state index in [4.69, 9.17) is 11.6 Å². The van der Waals surface area contributed by atoms with Gasteiger partial charge in [-0.3, -0.25) is 13.9 Å². The number of fused-ring (bicyclic) bond motifs is 1. The number of rotatable bonds is 5. The van der Waals surface area contributed by atoms with Crippen molar-refractivity contribution in [2.24, 2.45) is 0 Å². The van der Waals surface area contributed by atoms with Gasteiger partial charge < -0.3 is 5.32 Å². The first-order chi connectivity index (χ1) is 14.7. The Morgan fingerprint density at radius 1 is 0.968 bits per heavy atom. The van der Waals surface area contributed by atoms with Crippen LogP contribution in [0.1, 0.15) is 31.8 Å². The Morgan fingerprint density at radius 3 is 2.42 bits per heavy atom. The van der Waals surface area contributed by atoms with Crippen LogP contribution in [0.2, 0.25) is 5.02 Å². The van der Waals surface area contributed by atoms with Crippen molar-refractivity contribution < 1.29 is 18.0 Å². The van der Waals surface area contributed by atoms with Gasteiger partial charge in [0.25, 0.3) is 5.91 Å². The highest BCUT2D eigenvalue weighted by atomic mass is 35.5. The highest BCUT2D eigenvalue weighted by Gasteiger charge is 2.27. The fourth-order valence-electron chi connectivity index (χ4n) is 3.61. The maximum atomic E-state index is 12.9. The molecule has 31 heavy (non-hydrogen) atoms. The van der Waals surface area contributed by atoms with Crippen LogP contribution in [0.15, 0.2) is 66.7 Å². The Labute approximate surface area is 185 Å². The highest BCUT2D eigenvalue weighted by Crippen LogP contribution is 2.31. The zero-order valence-corrected chi connectivity index (χ0v) is 18.2. The van der Waals surface area contributed by atoms with E-state index in [-0.39, 0.29) is 11.3 Å². The third-order valence-corrected chi connectivity index (χ3v) is 6.52. The first-order valence-electron chi connectivity index (χ1n) is 9.55. The molecule has 0 aliphatic carbocycles. The molecule has 0 fully saturated rings. The second-order valence-corrected chi connectivity index (χ2v) is 9.61. The van der Waals surface area contributed by atoms with Crippen LogP contribution in [0.3, 0.4) is 0 Å². The molecule has 158 valence electrons. The van der Waals surface area contributed by atoms with Gasteiger partial charge in [-0.15, -0.1) is 0 Å². The van der Waals surface area contributed by atoms with E-state index in [1.165, 1.54) is 10.4 Å². The molecule has 0 saturated carbocycles. The summed E-state index contributed by atoms with van der Waals surface area (Å²) in [5.41, 5.74) is 2.87. The van der Waals surface area contributed by atoms with Crippen LogP contribution >= 0.6 is 11.6 Å². The molecule has 1 N–H and O–H groups in total. The monoisotopic (exact) mass is 454 g/mol. The summed E-state index contributed by atoms with van der Waals surface area (Å²) in [4.78, 5) is 25.8. The van der Waals surface area contributed by atoms with E-state index in [1.54, 1.807) is 54.6 Å². The van der Waals surface area contributed by atoms with Crippen molar-refractivity contribution in [1.29, 1.82) is 0 Å². The van der Waals surface area contributed by atoms with E-state index in [9.17, 15) is 18.0 Å². The molecule has 6 nitrogen and oxygen atoms in total. The predicted molar refractivity (Wildman–Crippen MR) is 122 cm³/mol. The van der Waals surface area contributed by atoms with Crippen molar-refractivity contribution in [3.8, 4) is 0 Å². The molecule has 0 saturated heterocycles. The molecule has 1 aliphatic rings. The zero-order chi connectivity index (χ0) is 22.2. The summed E-state index contributed by atoms with van der Waals surface area (Å²) in [6.07, 6.45) is 1.69. The summed E-state index contributed by atoms with van der Waals surface area (Å²) in [6.45, 7) is 0.353. The lowest BCUT2D eigenvalue weighted by atomic mass is 10.0. The molecular weight excluding hydrogens is 436 g/mol. The number of sulfonamides is 1. The van der Waals surface area contributed by atoms with E-state index >= 15 is 0 Å². The molecule has 3 aromatic carbocycles. The Morgan fingerprint density at radius 2 is 1.71 bits per heavy atom. The minimum atomic E-state index is -3.36. The van der Waals surface area contributed by atoms with Gasteiger partial charge in [0.1, 0.15) is 0 Å². The zero-order valence-electron chi connectivity index (χ0n) is 16.6. The van der Waals surface area contributed by atoms with Crippen LogP contribution in [-0.4, -0.2) is 32.9 Å². The van der Waals surface area contributed by atoms with Gasteiger partial charge in [0.2, 0.25) is 10.0 Å². The molecule has 8 heteroatoms. The first-order valence-corrected chi connectivity index (χ1v) is 11.8. The van der Waals surface area contributed by atoms with Gasteiger partial charge in [0.15, 0.2) is 5.78 Å². The van der Waals surface area contributed by atoms with Gasteiger partial charge in [-0.2, -0.15) is 0 Å². The van der Waals surface area contributed by atoms with Gasteiger partial charge in [0.05, 0.1) is 17.6 Å². The summed E-state index contributed by atoms with van der Waals surface area (Å²) < 4.78 is 25.1. The Balaban J connectivity index is 1.62. The maximum absolute atomic E-state index is 12.9. The normalized spacial score (nSPS) is 13.0. The first kappa shape index (κ1) is 21.1. The van der Waals surface area contributed by atoms with Crippen molar-refractivity contribution in [2.45, 2.75) is 6.42 Å². The fraction of sp³-hybridized carbons (Fsp3) is 0.130. The van der Waals surface area contributed by atoms with Crippen molar-refractivity contribution in [3.05, 3.63) is 94.0 Å². The Hall–Kier alpha value is -3.16. The molecular formula is C23H19ClN2O4S. The lowest BCUT2D eigenvalue weighted by molar-refractivity contribution is 0.102. The second kappa shape index (κ2) is 8.17. The predicted octanol–water partition coefficient (Wildman–Crippen LogP) is 4.15. The van der Waals surface area contributed by atoms with E-state index in [1.807, 2.05) is 6.07 Å². The van der Waals surface area contributed by atoms with Crippen molar-refractivity contribution in [2.75, 3.05) is 22.4 Å². The molecule has 3 aromatic rings. The molecule has 1 aliphatic heterocycles. The summed E-state index contributed by atoms with van der Waals surface area (Å²) in [6, 6.07) is 18.4. The minimum absolute atomic E-state index is 0.254. The Bertz CT molecular complexity index is 1290. The van der Waals surface area contributed by atoms with E-state index in [0.717, 1.165) is 11.8 Å². The van der Waals surface area contributed by atoms with Crippen LogP contribution < -0.4 is 9.62 Å². The number of anilines is 2. The summed E-state index contributed by atoms with van der Waals surface area (Å²) in [5, 5.41) is 3.17. The molecule has 0 atom stereocenters. The number of nitrogens with one attached hydrogen (secondary N) is 1. The largest absolute Gasteiger partial charge is 0.321 e. The molecule has 0 unspecified atom stereocenters. The second-order valence-electron chi connectivity index (χ2n) is 7.27. The average Bonchev–Trinajstić information content (AvgIpc) is 3.19. The minimum Gasteiger partial charge on any atom is -0.321 e. The maximum Gasteiger partial charge on any atom is 0.255 e. The highest BCUT2D eigenvalue weighted by molar-refractivity contribution is 7.92. The van der Waals surface area contributed by atoms with E-state index in [0.29, 0.717) is 40.5 Å². The van der Waals surface area contributed by atoms with E-state index in [2.05, 4.69) is 5.32 Å². The number of hydrogen-bond acceptors (Lipinski definition) is 4. The molecule has 1 heterocycles. The molecule has 4 rings (SSSR count). The Kier molecular flexibility index (Phi) is 5.56. The molecule has 0 bridgehead atoms. The molecule has 0 radical (unpaired) electrons. The smallest absolute Gasteiger partial charge is 0.255 e. The number of nitrogens with zero attached hydrogens (tertiary/aromatic N) is 1. The van der Waals surface area contributed by atoms with Gasteiger partial charge in [0, 0.05) is 28.3 Å². The summed E-state index contributed by atoms with van der Waals surface area (Å²) in [5.74, 6) is -0.652. The number of ketones is 1. The fourth-order valence-corrected chi connectivity index (χ4v) is 4.74. The number of carbonyl (C=O) groups excluding carboxylic acids is 2. The van der Waals surface area contributed by atoms with Crippen LogP contribution in [0.4, 0.5) is 11.4 Å². The van der Waals surface area contributed by atoms with Crippen molar-refractivity contribution in [3.63, 3.8) is 0 Å². The average molecular weight is 455 g/mol. The number of amides is 1. The summed E-state index contributed by atoms with van der Waals surface area (Å²) in [7, 11) is -3.36. The third kappa shape index (κ3) is 4.33. The summed E-state index contributed by atoms with van der Waals surface area (Å²) >= 11 is 6.10. The number of benzene rings is 3.